The van der Waals surface area contributed by atoms with Gasteiger partial charge in [0.25, 0.3) is 5.91 Å². The molecule has 4 rings (SSSR count). The Morgan fingerprint density at radius 1 is 1.03 bits per heavy atom. The van der Waals surface area contributed by atoms with E-state index < -0.39 is 0 Å². The van der Waals surface area contributed by atoms with Gasteiger partial charge in [0, 0.05) is 32.0 Å². The number of hydrogen-bond donors (Lipinski definition) is 2. The van der Waals surface area contributed by atoms with Crippen LogP contribution in [0.15, 0.2) is 79.1 Å². The van der Waals surface area contributed by atoms with Gasteiger partial charge in [0.05, 0.1) is 29.9 Å². The van der Waals surface area contributed by atoms with Gasteiger partial charge in [0.15, 0.2) is 0 Å². The number of piperazine rings is 1. The van der Waals surface area contributed by atoms with Gasteiger partial charge in [0.1, 0.15) is 0 Å². The molecule has 1 fully saturated rings. The van der Waals surface area contributed by atoms with Crippen molar-refractivity contribution in [3.63, 3.8) is 0 Å². The molecule has 0 radical (unpaired) electrons. The topological polar surface area (TPSA) is 82.7 Å². The molecule has 1 saturated heterocycles. The standard InChI is InChI=1S/C24H26N4O2/c25-21-13-20(14-26-15-21)24(30)27-11-12-28(22(16-27)17-29)23(18-7-3-1-4-8-18)19-9-5-2-6-10-19/h1-10,13-15,22-23,29H,11-12,16-17,25H2/t22-/m0/s1. The zero-order chi connectivity index (χ0) is 20.9. The maximum Gasteiger partial charge on any atom is 0.255 e. The number of hydrogen-bond acceptors (Lipinski definition) is 5. The van der Waals surface area contributed by atoms with Crippen LogP contribution in [0, 0.1) is 0 Å². The molecule has 6 nitrogen and oxygen atoms in total. The van der Waals surface area contributed by atoms with Gasteiger partial charge in [-0.25, -0.2) is 0 Å². The smallest absolute Gasteiger partial charge is 0.255 e. The molecule has 1 atom stereocenters. The fourth-order valence-electron chi connectivity index (χ4n) is 4.16. The first-order valence-electron chi connectivity index (χ1n) is 10.1. The number of benzene rings is 2. The maximum absolute atomic E-state index is 13.0. The highest BCUT2D eigenvalue weighted by Gasteiger charge is 2.35. The summed E-state index contributed by atoms with van der Waals surface area (Å²) in [6.07, 6.45) is 3.06. The zero-order valence-corrected chi connectivity index (χ0v) is 16.8. The molecule has 30 heavy (non-hydrogen) atoms. The molecule has 1 aliphatic rings. The lowest BCUT2D eigenvalue weighted by atomic mass is 9.94. The number of aliphatic hydroxyl groups excluding tert-OH is 1. The third-order valence-electron chi connectivity index (χ3n) is 5.59. The average molecular weight is 402 g/mol. The average Bonchev–Trinajstić information content (AvgIpc) is 2.80. The molecular weight excluding hydrogens is 376 g/mol. The maximum atomic E-state index is 13.0. The summed E-state index contributed by atoms with van der Waals surface area (Å²) in [6.45, 7) is 1.64. The van der Waals surface area contributed by atoms with E-state index in [2.05, 4.69) is 34.1 Å². The van der Waals surface area contributed by atoms with Crippen molar-refractivity contribution in [2.45, 2.75) is 12.1 Å². The normalized spacial score (nSPS) is 17.3. The predicted octanol–water partition coefficient (Wildman–Crippen LogP) is 2.57. The molecule has 1 amide bonds. The Kier molecular flexibility index (Phi) is 6.07. The highest BCUT2D eigenvalue weighted by atomic mass is 16.3. The Morgan fingerprint density at radius 2 is 1.67 bits per heavy atom. The van der Waals surface area contributed by atoms with Crippen LogP contribution < -0.4 is 5.73 Å². The first-order valence-corrected chi connectivity index (χ1v) is 10.1. The van der Waals surface area contributed by atoms with Crippen LogP contribution in [0.5, 0.6) is 0 Å². The number of amides is 1. The van der Waals surface area contributed by atoms with Gasteiger partial charge in [-0.05, 0) is 17.2 Å². The van der Waals surface area contributed by atoms with E-state index in [1.54, 1.807) is 11.0 Å². The lowest BCUT2D eigenvalue weighted by Gasteiger charge is -2.45. The van der Waals surface area contributed by atoms with Crippen LogP contribution in [0.2, 0.25) is 0 Å². The highest BCUT2D eigenvalue weighted by Crippen LogP contribution is 2.32. The second-order valence-corrected chi connectivity index (χ2v) is 7.56. The summed E-state index contributed by atoms with van der Waals surface area (Å²) in [5, 5.41) is 10.2. The van der Waals surface area contributed by atoms with Crippen LogP contribution >= 0.6 is 0 Å². The van der Waals surface area contributed by atoms with Gasteiger partial charge in [-0.1, -0.05) is 60.7 Å². The number of aliphatic hydroxyl groups is 1. The molecule has 0 unspecified atom stereocenters. The molecule has 3 aromatic rings. The van der Waals surface area contributed by atoms with Crippen LogP contribution in [0.25, 0.3) is 0 Å². The summed E-state index contributed by atoms with van der Waals surface area (Å²) in [5.41, 5.74) is 9.06. The minimum absolute atomic E-state index is 0.0100. The number of carbonyl (C=O) groups excluding carboxylic acids is 1. The van der Waals surface area contributed by atoms with Crippen LogP contribution in [0.1, 0.15) is 27.5 Å². The van der Waals surface area contributed by atoms with Gasteiger partial charge >= 0.3 is 0 Å². The molecule has 2 heterocycles. The van der Waals surface area contributed by atoms with Crippen molar-refractivity contribution in [3.05, 3.63) is 95.8 Å². The second kappa shape index (κ2) is 9.07. The van der Waals surface area contributed by atoms with Crippen molar-refractivity contribution in [3.8, 4) is 0 Å². The number of pyridine rings is 1. The minimum Gasteiger partial charge on any atom is -0.397 e. The van der Waals surface area contributed by atoms with Crippen molar-refractivity contribution in [1.29, 1.82) is 0 Å². The number of carbonyl (C=O) groups is 1. The van der Waals surface area contributed by atoms with Crippen LogP contribution in [-0.4, -0.2) is 58.1 Å². The van der Waals surface area contributed by atoms with Gasteiger partial charge < -0.3 is 15.7 Å². The summed E-state index contributed by atoms with van der Waals surface area (Å²) in [7, 11) is 0. The third-order valence-corrected chi connectivity index (χ3v) is 5.59. The van der Waals surface area contributed by atoms with Gasteiger partial charge in [-0.2, -0.15) is 0 Å². The third kappa shape index (κ3) is 4.20. The molecule has 3 N–H and O–H groups in total. The Morgan fingerprint density at radius 3 is 2.23 bits per heavy atom. The van der Waals surface area contributed by atoms with E-state index in [4.69, 9.17) is 5.73 Å². The molecular formula is C24H26N4O2. The quantitative estimate of drug-likeness (QED) is 0.685. The number of rotatable bonds is 5. The van der Waals surface area contributed by atoms with E-state index in [1.807, 2.05) is 36.4 Å². The summed E-state index contributed by atoms with van der Waals surface area (Å²) in [6, 6.07) is 22.1. The van der Waals surface area contributed by atoms with E-state index in [-0.39, 0.29) is 24.6 Å². The van der Waals surface area contributed by atoms with Crippen LogP contribution in [0.4, 0.5) is 5.69 Å². The highest BCUT2D eigenvalue weighted by molar-refractivity contribution is 5.94. The van der Waals surface area contributed by atoms with Crippen LogP contribution in [0.3, 0.4) is 0 Å². The van der Waals surface area contributed by atoms with Gasteiger partial charge in [-0.15, -0.1) is 0 Å². The van der Waals surface area contributed by atoms with E-state index in [1.165, 1.54) is 23.5 Å². The van der Waals surface area contributed by atoms with E-state index in [0.29, 0.717) is 30.9 Å². The van der Waals surface area contributed by atoms with Crippen molar-refractivity contribution in [2.75, 3.05) is 32.0 Å². The number of aromatic nitrogens is 1. The van der Waals surface area contributed by atoms with Crippen molar-refractivity contribution in [1.82, 2.24) is 14.8 Å². The minimum atomic E-state index is -0.179. The summed E-state index contributed by atoms with van der Waals surface area (Å²) in [5.74, 6) is -0.108. The molecule has 0 saturated carbocycles. The lowest BCUT2D eigenvalue weighted by molar-refractivity contribution is 0.0196. The lowest BCUT2D eigenvalue weighted by Crippen LogP contribution is -2.57. The Labute approximate surface area is 176 Å². The summed E-state index contributed by atoms with van der Waals surface area (Å²) < 4.78 is 0. The second-order valence-electron chi connectivity index (χ2n) is 7.56. The number of nitrogen functional groups attached to an aromatic ring is 1. The van der Waals surface area contributed by atoms with E-state index in [9.17, 15) is 9.90 Å². The number of nitrogens with two attached hydrogens (primary N) is 1. The van der Waals surface area contributed by atoms with E-state index >= 15 is 0 Å². The van der Waals surface area contributed by atoms with E-state index in [0.717, 1.165) is 0 Å². The first-order chi connectivity index (χ1) is 14.7. The zero-order valence-electron chi connectivity index (χ0n) is 16.8. The summed E-state index contributed by atoms with van der Waals surface area (Å²) >= 11 is 0. The first kappa shape index (κ1) is 20.1. The molecule has 0 spiro atoms. The van der Waals surface area contributed by atoms with Gasteiger partial charge in [-0.3, -0.25) is 14.7 Å². The molecule has 1 aliphatic heterocycles. The SMILES string of the molecule is Nc1cncc(C(=O)N2CCN(C(c3ccccc3)c3ccccc3)[C@H](CO)C2)c1. The van der Waals surface area contributed by atoms with Crippen molar-refractivity contribution in [2.24, 2.45) is 0 Å². The fourth-order valence-corrected chi connectivity index (χ4v) is 4.16. The van der Waals surface area contributed by atoms with Crippen LogP contribution in [-0.2, 0) is 0 Å². The molecule has 2 aromatic carbocycles. The van der Waals surface area contributed by atoms with Crippen molar-refractivity contribution >= 4 is 11.6 Å². The molecule has 6 heteroatoms. The Bertz CT molecular complexity index is 941. The predicted molar refractivity (Wildman–Crippen MR) is 117 cm³/mol. The Balaban J connectivity index is 1.60. The molecule has 0 aliphatic carbocycles. The van der Waals surface area contributed by atoms with Gasteiger partial charge in [0.2, 0.25) is 0 Å². The summed E-state index contributed by atoms with van der Waals surface area (Å²) in [4.78, 5) is 21.1. The fraction of sp³-hybridized carbons (Fsp3) is 0.250. The largest absolute Gasteiger partial charge is 0.397 e. The monoisotopic (exact) mass is 402 g/mol. The Hall–Kier alpha value is -3.22. The number of nitrogens with zero attached hydrogens (tertiary/aromatic N) is 3. The molecule has 0 bridgehead atoms. The number of anilines is 1. The van der Waals surface area contributed by atoms with Crippen molar-refractivity contribution < 1.29 is 9.90 Å². The molecule has 1 aromatic heterocycles. The molecule has 154 valence electrons.